The van der Waals surface area contributed by atoms with Crippen molar-refractivity contribution >= 4 is 0 Å². The van der Waals surface area contributed by atoms with Crippen LogP contribution >= 0.6 is 0 Å². The van der Waals surface area contributed by atoms with Gasteiger partial charge in [0.25, 0.3) is 0 Å². The van der Waals surface area contributed by atoms with Gasteiger partial charge in [0.05, 0.1) is 0 Å². The summed E-state index contributed by atoms with van der Waals surface area (Å²) in [5.74, 6) is 0.859. The molecule has 2 aromatic rings. The number of rotatable bonds is 4. The normalized spacial score (nSPS) is 28.7. The largest absolute Gasteiger partial charge is 0.308 e. The average molecular weight is 306 g/mol. The molecule has 2 unspecified atom stereocenters. The molecule has 2 heteroatoms. The van der Waals surface area contributed by atoms with Gasteiger partial charge in [-0.1, -0.05) is 60.7 Å². The second-order valence-corrected chi connectivity index (χ2v) is 7.39. The zero-order chi connectivity index (χ0) is 15.7. The number of piperazine rings is 1. The zero-order valence-corrected chi connectivity index (χ0v) is 13.9. The molecule has 1 N–H and O–H groups in total. The van der Waals surface area contributed by atoms with Crippen molar-refractivity contribution in [2.75, 3.05) is 13.1 Å². The van der Waals surface area contributed by atoms with E-state index in [0.717, 1.165) is 25.6 Å². The van der Waals surface area contributed by atoms with Gasteiger partial charge in [0.2, 0.25) is 0 Å². The second-order valence-electron chi connectivity index (χ2n) is 7.39. The maximum absolute atomic E-state index is 3.88. The van der Waals surface area contributed by atoms with E-state index in [9.17, 15) is 0 Å². The molecule has 2 nitrogen and oxygen atoms in total. The highest BCUT2D eigenvalue weighted by Gasteiger charge is 2.46. The Labute approximate surface area is 139 Å². The van der Waals surface area contributed by atoms with E-state index in [1.165, 1.54) is 24.0 Å². The minimum atomic E-state index is 0.278. The van der Waals surface area contributed by atoms with Crippen LogP contribution in [0.4, 0.5) is 0 Å². The molecular formula is C21H26N2. The molecule has 1 heterocycles. The van der Waals surface area contributed by atoms with Crippen LogP contribution in [0.2, 0.25) is 0 Å². The predicted octanol–water partition coefficient (Wildman–Crippen LogP) is 4.00. The maximum atomic E-state index is 3.88. The molecular weight excluding hydrogens is 280 g/mol. The highest BCUT2D eigenvalue weighted by Crippen LogP contribution is 2.43. The number of hydrogen-bond donors (Lipinski definition) is 1. The fourth-order valence-electron chi connectivity index (χ4n) is 4.03. The molecule has 0 bridgehead atoms. The summed E-state index contributed by atoms with van der Waals surface area (Å²) in [6.07, 6.45) is 2.78. The molecule has 2 fully saturated rings. The third kappa shape index (κ3) is 3.19. The molecule has 0 aromatic heterocycles. The summed E-state index contributed by atoms with van der Waals surface area (Å²) < 4.78 is 0. The quantitative estimate of drug-likeness (QED) is 0.918. The number of nitrogens with zero attached hydrogens (tertiary/aromatic N) is 1. The van der Waals surface area contributed by atoms with Crippen LogP contribution in [0.1, 0.15) is 36.9 Å². The minimum Gasteiger partial charge on any atom is -0.308 e. The van der Waals surface area contributed by atoms with Gasteiger partial charge in [-0.05, 0) is 36.8 Å². The van der Waals surface area contributed by atoms with Crippen molar-refractivity contribution in [2.24, 2.45) is 5.92 Å². The Morgan fingerprint density at radius 2 is 1.65 bits per heavy atom. The fourth-order valence-corrected chi connectivity index (χ4v) is 4.03. The summed E-state index contributed by atoms with van der Waals surface area (Å²) in [6, 6.07) is 22.3. The summed E-state index contributed by atoms with van der Waals surface area (Å²) in [4.78, 5) is 2.68. The van der Waals surface area contributed by atoms with Gasteiger partial charge in [0, 0.05) is 31.2 Å². The lowest BCUT2D eigenvalue weighted by atomic mass is 9.89. The van der Waals surface area contributed by atoms with Crippen LogP contribution < -0.4 is 5.32 Å². The SMILES string of the molecule is CC1(C2CC2)CN(Cc2ccccc2)C(c2ccccc2)CN1. The predicted molar refractivity (Wildman–Crippen MR) is 95.2 cm³/mol. The first-order valence-corrected chi connectivity index (χ1v) is 8.82. The highest BCUT2D eigenvalue weighted by molar-refractivity contribution is 5.23. The van der Waals surface area contributed by atoms with Crippen LogP contribution in [0, 0.1) is 5.92 Å². The van der Waals surface area contributed by atoms with Gasteiger partial charge in [-0.2, -0.15) is 0 Å². The van der Waals surface area contributed by atoms with Gasteiger partial charge >= 0.3 is 0 Å². The average Bonchev–Trinajstić information content (AvgIpc) is 3.42. The molecule has 4 rings (SSSR count). The molecule has 1 saturated heterocycles. The molecule has 120 valence electrons. The standard InChI is InChI=1S/C21H26N2/c1-21(19-12-13-19)16-23(15-17-8-4-2-5-9-17)20(14-22-21)18-10-6-3-7-11-18/h2-11,19-20,22H,12-16H2,1H3. The van der Waals surface area contributed by atoms with Crippen LogP contribution in [-0.2, 0) is 6.54 Å². The summed E-state index contributed by atoms with van der Waals surface area (Å²) >= 11 is 0. The molecule has 2 atom stereocenters. The van der Waals surface area contributed by atoms with E-state index < -0.39 is 0 Å². The topological polar surface area (TPSA) is 15.3 Å². The van der Waals surface area contributed by atoms with Crippen LogP contribution in [0.5, 0.6) is 0 Å². The molecule has 0 radical (unpaired) electrons. The summed E-state index contributed by atoms with van der Waals surface area (Å²) in [6.45, 7) is 5.63. The van der Waals surface area contributed by atoms with Crippen molar-refractivity contribution in [3.63, 3.8) is 0 Å². The molecule has 23 heavy (non-hydrogen) atoms. The van der Waals surface area contributed by atoms with Gasteiger partial charge in [0.15, 0.2) is 0 Å². The van der Waals surface area contributed by atoms with E-state index in [4.69, 9.17) is 0 Å². The fraction of sp³-hybridized carbons (Fsp3) is 0.429. The summed E-state index contributed by atoms with van der Waals surface area (Å²) in [5, 5.41) is 3.88. The van der Waals surface area contributed by atoms with Crippen molar-refractivity contribution in [1.29, 1.82) is 0 Å². The van der Waals surface area contributed by atoms with Crippen LogP contribution in [0.3, 0.4) is 0 Å². The van der Waals surface area contributed by atoms with Crippen molar-refractivity contribution in [2.45, 2.75) is 37.9 Å². The van der Waals surface area contributed by atoms with E-state index >= 15 is 0 Å². The first-order valence-electron chi connectivity index (χ1n) is 8.82. The summed E-state index contributed by atoms with van der Waals surface area (Å²) in [5.41, 5.74) is 3.11. The van der Waals surface area contributed by atoms with Crippen molar-refractivity contribution in [1.82, 2.24) is 10.2 Å². The second kappa shape index (κ2) is 6.10. The first kappa shape index (κ1) is 14.9. The van der Waals surface area contributed by atoms with E-state index in [-0.39, 0.29) is 5.54 Å². The van der Waals surface area contributed by atoms with Gasteiger partial charge in [-0.3, -0.25) is 4.90 Å². The van der Waals surface area contributed by atoms with Crippen LogP contribution in [0.15, 0.2) is 60.7 Å². The Bertz CT molecular complexity index is 635. The minimum absolute atomic E-state index is 0.278. The lowest BCUT2D eigenvalue weighted by Crippen LogP contribution is -2.60. The van der Waals surface area contributed by atoms with Crippen molar-refractivity contribution in [3.05, 3.63) is 71.8 Å². The third-order valence-corrected chi connectivity index (χ3v) is 5.56. The third-order valence-electron chi connectivity index (χ3n) is 5.56. The Hall–Kier alpha value is -1.64. The van der Waals surface area contributed by atoms with Gasteiger partial charge in [-0.15, -0.1) is 0 Å². The Morgan fingerprint density at radius 3 is 2.30 bits per heavy atom. The molecule has 2 aromatic carbocycles. The van der Waals surface area contributed by atoms with E-state index in [0.29, 0.717) is 6.04 Å². The Morgan fingerprint density at radius 1 is 1.00 bits per heavy atom. The maximum Gasteiger partial charge on any atom is 0.0477 e. The number of nitrogens with one attached hydrogen (secondary N) is 1. The molecule has 0 spiro atoms. The lowest BCUT2D eigenvalue weighted by molar-refractivity contribution is 0.0681. The van der Waals surface area contributed by atoms with Crippen molar-refractivity contribution < 1.29 is 0 Å². The number of benzene rings is 2. The van der Waals surface area contributed by atoms with E-state index in [1.54, 1.807) is 0 Å². The molecule has 0 amide bonds. The highest BCUT2D eigenvalue weighted by atomic mass is 15.3. The molecule has 1 saturated carbocycles. The van der Waals surface area contributed by atoms with E-state index in [2.05, 4.69) is 77.8 Å². The number of hydrogen-bond acceptors (Lipinski definition) is 2. The van der Waals surface area contributed by atoms with Gasteiger partial charge < -0.3 is 5.32 Å². The molecule has 1 aliphatic carbocycles. The van der Waals surface area contributed by atoms with Crippen LogP contribution in [-0.4, -0.2) is 23.5 Å². The monoisotopic (exact) mass is 306 g/mol. The van der Waals surface area contributed by atoms with Gasteiger partial charge in [0.1, 0.15) is 0 Å². The smallest absolute Gasteiger partial charge is 0.0477 e. The van der Waals surface area contributed by atoms with Crippen LogP contribution in [0.25, 0.3) is 0 Å². The Balaban J connectivity index is 1.59. The van der Waals surface area contributed by atoms with E-state index in [1.807, 2.05) is 0 Å². The molecule has 1 aliphatic heterocycles. The van der Waals surface area contributed by atoms with Crippen molar-refractivity contribution in [3.8, 4) is 0 Å². The summed E-state index contributed by atoms with van der Waals surface area (Å²) in [7, 11) is 0. The zero-order valence-electron chi connectivity index (χ0n) is 13.9. The Kier molecular flexibility index (Phi) is 3.96. The molecule has 2 aliphatic rings. The lowest BCUT2D eigenvalue weighted by Gasteiger charge is -2.47. The van der Waals surface area contributed by atoms with Gasteiger partial charge in [-0.25, -0.2) is 0 Å². The first-order chi connectivity index (χ1) is 11.2.